The van der Waals surface area contributed by atoms with Crippen LogP contribution in [0.5, 0.6) is 0 Å². The highest BCUT2D eigenvalue weighted by molar-refractivity contribution is 5.66. The molecule has 0 radical (unpaired) electrons. The van der Waals surface area contributed by atoms with Gasteiger partial charge in [0.2, 0.25) is 0 Å². The lowest BCUT2D eigenvalue weighted by molar-refractivity contribution is -0.138. The minimum absolute atomic E-state index is 0.0531. The van der Waals surface area contributed by atoms with Gasteiger partial charge in [-0.15, -0.1) is 5.10 Å². The maximum absolute atomic E-state index is 10.8. The quantitative estimate of drug-likeness (QED) is 0.829. The molecule has 0 aromatic carbocycles. The molecule has 1 fully saturated rings. The third kappa shape index (κ3) is 3.28. The lowest BCUT2D eigenvalue weighted by Gasteiger charge is -2.16. The summed E-state index contributed by atoms with van der Waals surface area (Å²) in [6.45, 7) is 5.28. The van der Waals surface area contributed by atoms with E-state index >= 15 is 0 Å². The maximum Gasteiger partial charge on any atom is 0.303 e. The van der Waals surface area contributed by atoms with Crippen molar-refractivity contribution in [2.75, 3.05) is 6.61 Å². The van der Waals surface area contributed by atoms with Crippen molar-refractivity contribution in [2.24, 2.45) is 5.92 Å². The summed E-state index contributed by atoms with van der Waals surface area (Å²) in [7, 11) is 0. The molecule has 2 heterocycles. The monoisotopic (exact) mass is 268 g/mol. The van der Waals surface area contributed by atoms with E-state index in [0.29, 0.717) is 6.54 Å². The Morgan fingerprint density at radius 1 is 1.63 bits per heavy atom. The first-order valence-electron chi connectivity index (χ1n) is 6.71. The standard InChI is InChI=1S/C12H20N4O3/c1-3-9(6-11(17)18)7-16-12(13-14-15-16)10-4-5-19-8(10)2/h8-10H,3-7H2,1-2H3,(H,17,18). The van der Waals surface area contributed by atoms with Gasteiger partial charge in [-0.1, -0.05) is 13.3 Å². The van der Waals surface area contributed by atoms with Crippen molar-refractivity contribution in [3.05, 3.63) is 5.82 Å². The molecule has 7 nitrogen and oxygen atoms in total. The first kappa shape index (κ1) is 13.9. The van der Waals surface area contributed by atoms with E-state index in [1.54, 1.807) is 4.68 Å². The number of hydrogen-bond acceptors (Lipinski definition) is 5. The number of carboxylic acids is 1. The van der Waals surface area contributed by atoms with Gasteiger partial charge in [0.05, 0.1) is 6.10 Å². The Kier molecular flexibility index (Phi) is 4.47. The number of ether oxygens (including phenoxy) is 1. The molecule has 1 aromatic heterocycles. The summed E-state index contributed by atoms with van der Waals surface area (Å²) in [6, 6.07) is 0. The van der Waals surface area contributed by atoms with Crippen molar-refractivity contribution in [1.29, 1.82) is 0 Å². The molecule has 1 saturated heterocycles. The Morgan fingerprint density at radius 2 is 2.42 bits per heavy atom. The first-order chi connectivity index (χ1) is 9.11. The van der Waals surface area contributed by atoms with Crippen LogP contribution in [0.1, 0.15) is 44.9 Å². The number of hydrogen-bond donors (Lipinski definition) is 1. The second-order valence-corrected chi connectivity index (χ2v) is 5.06. The number of rotatable bonds is 6. The molecule has 1 aliphatic rings. The molecule has 0 spiro atoms. The zero-order valence-electron chi connectivity index (χ0n) is 11.3. The average molecular weight is 268 g/mol. The summed E-state index contributed by atoms with van der Waals surface area (Å²) in [5.74, 6) is 0.294. The van der Waals surface area contributed by atoms with E-state index in [4.69, 9.17) is 9.84 Å². The molecule has 0 bridgehead atoms. The molecule has 2 rings (SSSR count). The van der Waals surface area contributed by atoms with Gasteiger partial charge in [0.15, 0.2) is 5.82 Å². The molecule has 106 valence electrons. The predicted molar refractivity (Wildman–Crippen MR) is 66.6 cm³/mol. The van der Waals surface area contributed by atoms with Crippen molar-refractivity contribution in [2.45, 2.75) is 51.7 Å². The molecule has 7 heteroatoms. The van der Waals surface area contributed by atoms with Crippen molar-refractivity contribution in [1.82, 2.24) is 20.2 Å². The average Bonchev–Trinajstić information content (AvgIpc) is 2.96. The Hall–Kier alpha value is -1.50. The molecule has 1 aliphatic heterocycles. The van der Waals surface area contributed by atoms with Gasteiger partial charge in [-0.05, 0) is 29.7 Å². The minimum atomic E-state index is -0.779. The zero-order valence-corrected chi connectivity index (χ0v) is 11.3. The Balaban J connectivity index is 2.08. The van der Waals surface area contributed by atoms with Crippen LogP contribution in [0, 0.1) is 5.92 Å². The molecule has 3 atom stereocenters. The molecule has 0 amide bonds. The topological polar surface area (TPSA) is 90.1 Å². The van der Waals surface area contributed by atoms with Gasteiger partial charge in [0.1, 0.15) is 0 Å². The van der Waals surface area contributed by atoms with E-state index in [1.165, 1.54) is 0 Å². The number of carbonyl (C=O) groups is 1. The van der Waals surface area contributed by atoms with Gasteiger partial charge in [-0.3, -0.25) is 4.79 Å². The number of aliphatic carboxylic acids is 1. The van der Waals surface area contributed by atoms with Crippen molar-refractivity contribution < 1.29 is 14.6 Å². The maximum atomic E-state index is 10.8. The fourth-order valence-electron chi connectivity index (χ4n) is 2.51. The summed E-state index contributed by atoms with van der Waals surface area (Å²) < 4.78 is 7.28. The lowest BCUT2D eigenvalue weighted by Crippen LogP contribution is -2.21. The van der Waals surface area contributed by atoms with Crippen LogP contribution < -0.4 is 0 Å². The summed E-state index contributed by atoms with van der Waals surface area (Å²) >= 11 is 0. The van der Waals surface area contributed by atoms with Gasteiger partial charge < -0.3 is 9.84 Å². The zero-order chi connectivity index (χ0) is 13.8. The van der Waals surface area contributed by atoms with Crippen LogP contribution in [0.3, 0.4) is 0 Å². The number of nitrogens with zero attached hydrogens (tertiary/aromatic N) is 4. The highest BCUT2D eigenvalue weighted by Crippen LogP contribution is 2.29. The molecule has 1 N–H and O–H groups in total. The van der Waals surface area contributed by atoms with E-state index < -0.39 is 5.97 Å². The first-order valence-corrected chi connectivity index (χ1v) is 6.71. The van der Waals surface area contributed by atoms with Gasteiger partial charge in [0, 0.05) is 25.5 Å². The summed E-state index contributed by atoms with van der Waals surface area (Å²) in [6.07, 6.45) is 1.97. The van der Waals surface area contributed by atoms with Gasteiger partial charge in [-0.25, -0.2) is 4.68 Å². The highest BCUT2D eigenvalue weighted by atomic mass is 16.5. The fourth-order valence-corrected chi connectivity index (χ4v) is 2.51. The minimum Gasteiger partial charge on any atom is -0.481 e. The number of tetrazole rings is 1. The van der Waals surface area contributed by atoms with Crippen LogP contribution in [0.2, 0.25) is 0 Å². The molecular weight excluding hydrogens is 248 g/mol. The van der Waals surface area contributed by atoms with Crippen LogP contribution in [-0.4, -0.2) is 44.0 Å². The van der Waals surface area contributed by atoms with Gasteiger partial charge in [-0.2, -0.15) is 0 Å². The smallest absolute Gasteiger partial charge is 0.303 e. The number of carboxylic acid groups (broad SMARTS) is 1. The normalized spacial score (nSPS) is 24.5. The molecule has 0 saturated carbocycles. The molecule has 19 heavy (non-hydrogen) atoms. The lowest BCUT2D eigenvalue weighted by atomic mass is 10.00. The summed E-state index contributed by atoms with van der Waals surface area (Å²) in [4.78, 5) is 10.8. The summed E-state index contributed by atoms with van der Waals surface area (Å²) in [5, 5.41) is 20.7. The van der Waals surface area contributed by atoms with E-state index in [1.807, 2.05) is 13.8 Å². The van der Waals surface area contributed by atoms with Gasteiger partial charge >= 0.3 is 5.97 Å². The van der Waals surface area contributed by atoms with Gasteiger partial charge in [0.25, 0.3) is 0 Å². The van der Waals surface area contributed by atoms with Crippen molar-refractivity contribution in [3.8, 4) is 0 Å². The van der Waals surface area contributed by atoms with Crippen LogP contribution in [0.15, 0.2) is 0 Å². The Bertz CT molecular complexity index is 434. The van der Waals surface area contributed by atoms with Crippen molar-refractivity contribution >= 4 is 5.97 Å². The summed E-state index contributed by atoms with van der Waals surface area (Å²) in [5.41, 5.74) is 0. The van der Waals surface area contributed by atoms with E-state index in [0.717, 1.165) is 25.3 Å². The van der Waals surface area contributed by atoms with Crippen LogP contribution in [0.4, 0.5) is 0 Å². The number of aromatic nitrogens is 4. The largest absolute Gasteiger partial charge is 0.481 e. The molecule has 0 aliphatic carbocycles. The molecular formula is C12H20N4O3. The molecule has 3 unspecified atom stereocenters. The molecule has 1 aromatic rings. The third-order valence-corrected chi connectivity index (χ3v) is 3.74. The third-order valence-electron chi connectivity index (χ3n) is 3.74. The van der Waals surface area contributed by atoms with Crippen LogP contribution >= 0.6 is 0 Å². The van der Waals surface area contributed by atoms with E-state index in [2.05, 4.69) is 15.5 Å². The fraction of sp³-hybridized carbons (Fsp3) is 0.833. The van der Waals surface area contributed by atoms with E-state index in [9.17, 15) is 4.79 Å². The van der Waals surface area contributed by atoms with Crippen molar-refractivity contribution in [3.63, 3.8) is 0 Å². The SMILES string of the molecule is CCC(CC(=O)O)Cn1nnnc1C1CCOC1C. The second kappa shape index (κ2) is 6.10. The highest BCUT2D eigenvalue weighted by Gasteiger charge is 2.31. The van der Waals surface area contributed by atoms with Crippen LogP contribution in [-0.2, 0) is 16.1 Å². The van der Waals surface area contributed by atoms with Crippen LogP contribution in [0.25, 0.3) is 0 Å². The van der Waals surface area contributed by atoms with E-state index in [-0.39, 0.29) is 24.4 Å². The Labute approximate surface area is 111 Å². The predicted octanol–water partition coefficient (Wildman–Crippen LogP) is 1.07. The Morgan fingerprint density at radius 3 is 3.00 bits per heavy atom. The second-order valence-electron chi connectivity index (χ2n) is 5.06.